The van der Waals surface area contributed by atoms with Crippen LogP contribution in [0.5, 0.6) is 0 Å². The lowest BCUT2D eigenvalue weighted by Gasteiger charge is -2.40. The molecule has 0 aliphatic carbocycles. The van der Waals surface area contributed by atoms with Crippen molar-refractivity contribution in [3.05, 3.63) is 48.6 Å². The average molecular weight is 1090 g/mol. The van der Waals surface area contributed by atoms with Crippen molar-refractivity contribution in [3.8, 4) is 0 Å². The maximum absolute atomic E-state index is 13.2. The lowest BCUT2D eigenvalue weighted by Crippen LogP contribution is -2.60. The van der Waals surface area contributed by atoms with Crippen LogP contribution in [0.3, 0.4) is 0 Å². The SMILES string of the molecule is CCCCCCCCCC/C=C/CC/C=C/CC/C=C/CCCC(O)C(O)C(COC1OC(CO)C(O)C(O)C1O)NC(=O)C(O)CCCCCCCCCCCCCCC/C=C\CCCCCCCCCCCCCC. The van der Waals surface area contributed by atoms with E-state index in [-0.39, 0.29) is 12.8 Å². The molecule has 1 amide bonds. The van der Waals surface area contributed by atoms with Crippen molar-refractivity contribution in [2.24, 2.45) is 0 Å². The molecule has 1 heterocycles. The van der Waals surface area contributed by atoms with Crippen molar-refractivity contribution in [1.29, 1.82) is 0 Å². The van der Waals surface area contributed by atoms with Gasteiger partial charge in [0.2, 0.25) is 5.91 Å². The quantitative estimate of drug-likeness (QED) is 0.0215. The number of nitrogens with one attached hydrogen (secondary N) is 1. The van der Waals surface area contributed by atoms with Crippen LogP contribution in [-0.4, -0.2) is 110 Å². The summed E-state index contributed by atoms with van der Waals surface area (Å²) in [6, 6.07) is -1.20. The zero-order valence-corrected chi connectivity index (χ0v) is 49.7. The monoisotopic (exact) mass is 1090 g/mol. The number of aliphatic hydroxyl groups excluding tert-OH is 7. The van der Waals surface area contributed by atoms with E-state index in [0.29, 0.717) is 19.3 Å². The third-order valence-corrected chi connectivity index (χ3v) is 15.6. The second-order valence-corrected chi connectivity index (χ2v) is 22.8. The summed E-state index contributed by atoms with van der Waals surface area (Å²) in [7, 11) is 0. The Balaban J connectivity index is 2.26. The number of allylic oxidation sites excluding steroid dienone is 8. The summed E-state index contributed by atoms with van der Waals surface area (Å²) in [5.74, 6) is -0.710. The van der Waals surface area contributed by atoms with E-state index in [1.165, 1.54) is 205 Å². The topological polar surface area (TPSA) is 189 Å². The molecule has 1 fully saturated rings. The van der Waals surface area contributed by atoms with Gasteiger partial charge in [-0.1, -0.05) is 255 Å². The van der Waals surface area contributed by atoms with E-state index in [0.717, 1.165) is 44.9 Å². The van der Waals surface area contributed by atoms with Crippen LogP contribution in [0.25, 0.3) is 0 Å². The van der Waals surface area contributed by atoms with Crippen molar-refractivity contribution >= 4 is 5.91 Å². The van der Waals surface area contributed by atoms with Crippen molar-refractivity contribution in [2.75, 3.05) is 13.2 Å². The van der Waals surface area contributed by atoms with E-state index in [1.807, 2.05) is 0 Å². The minimum Gasteiger partial charge on any atom is -0.394 e. The van der Waals surface area contributed by atoms with Crippen molar-refractivity contribution < 1.29 is 50.0 Å². The van der Waals surface area contributed by atoms with E-state index >= 15 is 0 Å². The van der Waals surface area contributed by atoms with Gasteiger partial charge in [0, 0.05) is 0 Å². The predicted octanol–water partition coefficient (Wildman–Crippen LogP) is 14.8. The van der Waals surface area contributed by atoms with Gasteiger partial charge in [-0.25, -0.2) is 0 Å². The lowest BCUT2D eigenvalue weighted by molar-refractivity contribution is -0.303. The number of ether oxygens (including phenoxy) is 2. The van der Waals surface area contributed by atoms with Gasteiger partial charge >= 0.3 is 0 Å². The molecule has 452 valence electrons. The molecule has 1 saturated heterocycles. The Bertz CT molecular complexity index is 1390. The highest BCUT2D eigenvalue weighted by Gasteiger charge is 2.44. The molecular weight excluding hydrogens is 967 g/mol. The Morgan fingerprint density at radius 3 is 1.16 bits per heavy atom. The van der Waals surface area contributed by atoms with E-state index in [4.69, 9.17) is 9.47 Å². The van der Waals surface area contributed by atoms with E-state index in [9.17, 15) is 40.5 Å². The van der Waals surface area contributed by atoms with Gasteiger partial charge in [-0.15, -0.1) is 0 Å². The number of hydrogen-bond donors (Lipinski definition) is 8. The second-order valence-electron chi connectivity index (χ2n) is 22.8. The Hall–Kier alpha value is -1.93. The van der Waals surface area contributed by atoms with Crippen LogP contribution in [-0.2, 0) is 14.3 Å². The Kier molecular flexibility index (Phi) is 51.9. The molecule has 1 aliphatic rings. The van der Waals surface area contributed by atoms with Gasteiger partial charge < -0.3 is 50.5 Å². The number of amides is 1. The van der Waals surface area contributed by atoms with Crippen LogP contribution < -0.4 is 5.32 Å². The first-order chi connectivity index (χ1) is 37.7. The van der Waals surface area contributed by atoms with Gasteiger partial charge in [-0.3, -0.25) is 4.79 Å². The Labute approximate surface area is 472 Å². The largest absolute Gasteiger partial charge is 0.394 e. The fourth-order valence-corrected chi connectivity index (χ4v) is 10.3. The number of rotatable bonds is 56. The molecule has 77 heavy (non-hydrogen) atoms. The number of unbranched alkanes of at least 4 members (excludes halogenated alkanes) is 36. The normalized spacial score (nSPS) is 19.8. The molecule has 1 rings (SSSR count). The van der Waals surface area contributed by atoms with E-state index in [1.54, 1.807) is 0 Å². The van der Waals surface area contributed by atoms with Crippen LogP contribution in [0.4, 0.5) is 0 Å². The van der Waals surface area contributed by atoms with Gasteiger partial charge in [0.25, 0.3) is 0 Å². The fourth-order valence-electron chi connectivity index (χ4n) is 10.3. The Morgan fingerprint density at radius 1 is 0.442 bits per heavy atom. The zero-order valence-electron chi connectivity index (χ0n) is 49.7. The Morgan fingerprint density at radius 2 is 0.779 bits per heavy atom. The first-order valence-electron chi connectivity index (χ1n) is 32.5. The maximum Gasteiger partial charge on any atom is 0.249 e. The minimum atomic E-state index is -1.67. The molecule has 11 heteroatoms. The third-order valence-electron chi connectivity index (χ3n) is 15.6. The molecular formula is C66H123NO10. The molecule has 1 aliphatic heterocycles. The standard InChI is InChI=1S/C66H123NO10/c1-3-5-7-9-11-13-15-17-19-21-23-25-26-27-28-29-30-31-32-34-36-38-40-42-44-46-48-50-52-54-59(70)65(75)67-57(56-76-66-64(74)63(73)62(72)60(55-68)77-66)61(71)58(69)53-51-49-47-45-43-41-39-37-35-33-24-22-20-18-16-14-12-10-8-6-4-2/h22,24,27-28,37,39,45,47,57-64,66,68-74H,3-21,23,25-26,29-36,38,40-44,46,48-56H2,1-2H3,(H,67,75)/b24-22+,28-27-,39-37+,47-45+. The summed E-state index contributed by atoms with van der Waals surface area (Å²) in [6.07, 6.45) is 59.0. The third kappa shape index (κ3) is 42.6. The minimum absolute atomic E-state index is 0.241. The number of carbonyl (C=O) groups is 1. The number of carbonyl (C=O) groups excluding carboxylic acids is 1. The summed E-state index contributed by atoms with van der Waals surface area (Å²) in [5.41, 5.74) is 0. The van der Waals surface area contributed by atoms with Crippen molar-refractivity contribution in [2.45, 2.75) is 351 Å². The van der Waals surface area contributed by atoms with Crippen LogP contribution in [0.15, 0.2) is 48.6 Å². The molecule has 0 bridgehead atoms. The van der Waals surface area contributed by atoms with Gasteiger partial charge in [0.05, 0.1) is 25.4 Å². The molecule has 8 N–H and O–H groups in total. The van der Waals surface area contributed by atoms with Gasteiger partial charge in [-0.05, 0) is 89.9 Å². The molecule has 0 saturated carbocycles. The van der Waals surface area contributed by atoms with Crippen molar-refractivity contribution in [1.82, 2.24) is 5.32 Å². The first-order valence-corrected chi connectivity index (χ1v) is 32.5. The van der Waals surface area contributed by atoms with E-state index in [2.05, 4.69) is 67.8 Å². The molecule has 9 unspecified atom stereocenters. The summed E-state index contributed by atoms with van der Waals surface area (Å²) in [6.45, 7) is 3.46. The zero-order chi connectivity index (χ0) is 56.1. The van der Waals surface area contributed by atoms with Gasteiger partial charge in [-0.2, -0.15) is 0 Å². The first kappa shape index (κ1) is 73.1. The summed E-state index contributed by atoms with van der Waals surface area (Å²) in [4.78, 5) is 13.2. The van der Waals surface area contributed by atoms with E-state index < -0.39 is 74.2 Å². The van der Waals surface area contributed by atoms with Gasteiger partial charge in [0.1, 0.15) is 36.6 Å². The maximum atomic E-state index is 13.2. The molecule has 0 aromatic heterocycles. The number of hydrogen-bond acceptors (Lipinski definition) is 10. The summed E-state index contributed by atoms with van der Waals surface area (Å²) < 4.78 is 11.2. The molecule has 0 spiro atoms. The van der Waals surface area contributed by atoms with Crippen LogP contribution >= 0.6 is 0 Å². The molecule has 9 atom stereocenters. The summed E-state index contributed by atoms with van der Waals surface area (Å²) in [5, 5.41) is 76.3. The van der Waals surface area contributed by atoms with Crippen LogP contribution in [0.1, 0.15) is 296 Å². The summed E-state index contributed by atoms with van der Waals surface area (Å²) >= 11 is 0. The van der Waals surface area contributed by atoms with Crippen LogP contribution in [0.2, 0.25) is 0 Å². The second kappa shape index (κ2) is 54.6. The highest BCUT2D eigenvalue weighted by molar-refractivity contribution is 5.80. The predicted molar refractivity (Wildman–Crippen MR) is 321 cm³/mol. The lowest BCUT2D eigenvalue weighted by atomic mass is 9.98. The average Bonchev–Trinajstić information content (AvgIpc) is 3.43. The smallest absolute Gasteiger partial charge is 0.249 e. The van der Waals surface area contributed by atoms with Crippen molar-refractivity contribution in [3.63, 3.8) is 0 Å². The highest BCUT2D eigenvalue weighted by Crippen LogP contribution is 2.23. The number of aliphatic hydroxyl groups is 7. The molecule has 0 aromatic carbocycles. The molecule has 0 radical (unpaired) electrons. The van der Waals surface area contributed by atoms with Crippen LogP contribution in [0, 0.1) is 0 Å². The van der Waals surface area contributed by atoms with Gasteiger partial charge in [0.15, 0.2) is 6.29 Å². The molecule has 11 nitrogen and oxygen atoms in total. The fraction of sp³-hybridized carbons (Fsp3) is 0.864. The molecule has 0 aromatic rings. The highest BCUT2D eigenvalue weighted by atomic mass is 16.7.